The number of rotatable bonds is 4. The number of morpholine rings is 1. The quantitative estimate of drug-likeness (QED) is 0.613. The summed E-state index contributed by atoms with van der Waals surface area (Å²) in [5.41, 5.74) is 3.31. The van der Waals surface area contributed by atoms with Gasteiger partial charge in [-0.15, -0.1) is 5.10 Å². The van der Waals surface area contributed by atoms with Crippen molar-refractivity contribution in [3.63, 3.8) is 0 Å². The second-order valence-electron chi connectivity index (χ2n) is 7.58. The summed E-state index contributed by atoms with van der Waals surface area (Å²) in [5.74, 6) is 0.866. The molecule has 3 aromatic rings. The van der Waals surface area contributed by atoms with Crippen LogP contribution in [-0.2, 0) is 11.4 Å². The van der Waals surface area contributed by atoms with Gasteiger partial charge in [-0.1, -0.05) is 48.0 Å². The highest BCUT2D eigenvalue weighted by Crippen LogP contribution is 2.23. The van der Waals surface area contributed by atoms with Crippen LogP contribution in [0.1, 0.15) is 19.4 Å². The van der Waals surface area contributed by atoms with Gasteiger partial charge in [-0.2, -0.15) is 0 Å². The molecule has 0 aliphatic carbocycles. The third kappa shape index (κ3) is 3.94. The van der Waals surface area contributed by atoms with Crippen LogP contribution in [-0.4, -0.2) is 44.5 Å². The van der Waals surface area contributed by atoms with Crippen LogP contribution in [0.15, 0.2) is 54.6 Å². The van der Waals surface area contributed by atoms with E-state index in [0.717, 1.165) is 30.2 Å². The lowest BCUT2D eigenvalue weighted by atomic mass is 10.1. The Morgan fingerprint density at radius 1 is 1.00 bits per heavy atom. The standard InChI is InChI=1S/C22H26N4OS/c1-16-9-11-19(12-10-16)21-23-25(15-24-13-17(2)27-18(3)14-24)22(28)26(21)20-7-5-4-6-8-20/h4-12,17-18H,13-15H2,1-3H3/t17-,18-/m0/s1. The Labute approximate surface area is 171 Å². The monoisotopic (exact) mass is 394 g/mol. The highest BCUT2D eigenvalue weighted by Gasteiger charge is 2.24. The molecule has 5 nitrogen and oxygen atoms in total. The third-order valence-corrected chi connectivity index (χ3v) is 5.39. The maximum atomic E-state index is 5.86. The van der Waals surface area contributed by atoms with Crippen LogP contribution < -0.4 is 0 Å². The minimum atomic E-state index is 0.214. The molecule has 0 radical (unpaired) electrons. The maximum absolute atomic E-state index is 5.86. The van der Waals surface area contributed by atoms with E-state index in [4.69, 9.17) is 22.1 Å². The van der Waals surface area contributed by atoms with Crippen LogP contribution in [0, 0.1) is 11.7 Å². The predicted octanol–water partition coefficient (Wildman–Crippen LogP) is 4.45. The van der Waals surface area contributed by atoms with Crippen molar-refractivity contribution in [1.29, 1.82) is 0 Å². The number of aromatic nitrogens is 3. The Morgan fingerprint density at radius 2 is 1.64 bits per heavy atom. The summed E-state index contributed by atoms with van der Waals surface area (Å²) in [6.45, 7) is 8.74. The number of aryl methyl sites for hydroxylation is 1. The Balaban J connectivity index is 1.76. The van der Waals surface area contributed by atoms with E-state index in [-0.39, 0.29) is 12.2 Å². The lowest BCUT2D eigenvalue weighted by molar-refractivity contribution is -0.0777. The van der Waals surface area contributed by atoms with E-state index in [1.807, 2.05) is 22.9 Å². The number of para-hydroxylation sites is 1. The zero-order chi connectivity index (χ0) is 19.7. The first-order chi connectivity index (χ1) is 13.5. The largest absolute Gasteiger partial charge is 0.373 e. The fourth-order valence-corrected chi connectivity index (χ4v) is 4.08. The average molecular weight is 395 g/mol. The molecule has 0 saturated carbocycles. The van der Waals surface area contributed by atoms with E-state index >= 15 is 0 Å². The van der Waals surface area contributed by atoms with Crippen molar-refractivity contribution >= 4 is 12.2 Å². The Hall–Kier alpha value is -2.28. The molecule has 2 aromatic carbocycles. The van der Waals surface area contributed by atoms with E-state index in [1.54, 1.807) is 0 Å². The molecule has 0 bridgehead atoms. The van der Waals surface area contributed by atoms with Crippen molar-refractivity contribution in [2.24, 2.45) is 0 Å². The minimum Gasteiger partial charge on any atom is -0.373 e. The van der Waals surface area contributed by atoms with Gasteiger partial charge in [0.15, 0.2) is 5.82 Å². The van der Waals surface area contributed by atoms with E-state index in [0.29, 0.717) is 11.4 Å². The van der Waals surface area contributed by atoms with Gasteiger partial charge in [0, 0.05) is 24.3 Å². The first kappa shape index (κ1) is 19.1. The van der Waals surface area contributed by atoms with E-state index in [2.05, 4.69) is 66.6 Å². The van der Waals surface area contributed by atoms with Crippen LogP contribution in [0.4, 0.5) is 0 Å². The lowest BCUT2D eigenvalue weighted by Gasteiger charge is -2.34. The normalized spacial score (nSPS) is 20.4. The Morgan fingerprint density at radius 3 is 2.29 bits per heavy atom. The van der Waals surface area contributed by atoms with Crippen molar-refractivity contribution in [1.82, 2.24) is 19.2 Å². The van der Waals surface area contributed by atoms with E-state index < -0.39 is 0 Å². The van der Waals surface area contributed by atoms with Crippen LogP contribution in [0.5, 0.6) is 0 Å². The molecule has 1 saturated heterocycles. The summed E-state index contributed by atoms with van der Waals surface area (Å²) in [5, 5.41) is 4.92. The van der Waals surface area contributed by atoms with Gasteiger partial charge in [-0.3, -0.25) is 9.47 Å². The molecular weight excluding hydrogens is 368 g/mol. The van der Waals surface area contributed by atoms with Gasteiger partial charge in [-0.05, 0) is 45.1 Å². The van der Waals surface area contributed by atoms with Gasteiger partial charge < -0.3 is 4.74 Å². The van der Waals surface area contributed by atoms with Gasteiger partial charge in [0.05, 0.1) is 18.9 Å². The molecule has 1 fully saturated rings. The third-order valence-electron chi connectivity index (χ3n) is 4.99. The molecule has 1 aliphatic rings. The summed E-state index contributed by atoms with van der Waals surface area (Å²) in [6, 6.07) is 18.6. The number of hydrogen-bond donors (Lipinski definition) is 0. The molecule has 0 N–H and O–H groups in total. The molecule has 146 valence electrons. The fraction of sp³-hybridized carbons (Fsp3) is 0.364. The summed E-state index contributed by atoms with van der Waals surface area (Å²) in [7, 11) is 0. The maximum Gasteiger partial charge on any atom is 0.204 e. The molecule has 1 aromatic heterocycles. The zero-order valence-corrected chi connectivity index (χ0v) is 17.4. The minimum absolute atomic E-state index is 0.214. The van der Waals surface area contributed by atoms with Crippen LogP contribution in [0.3, 0.4) is 0 Å². The number of ether oxygens (including phenoxy) is 1. The molecule has 6 heteroatoms. The highest BCUT2D eigenvalue weighted by atomic mass is 32.1. The second-order valence-corrected chi connectivity index (χ2v) is 7.94. The summed E-state index contributed by atoms with van der Waals surface area (Å²) in [6.07, 6.45) is 0.427. The summed E-state index contributed by atoms with van der Waals surface area (Å²) >= 11 is 5.85. The summed E-state index contributed by atoms with van der Waals surface area (Å²) in [4.78, 5) is 2.36. The first-order valence-electron chi connectivity index (χ1n) is 9.71. The summed E-state index contributed by atoms with van der Waals surface area (Å²) < 4.78 is 10.6. The zero-order valence-electron chi connectivity index (χ0n) is 16.6. The van der Waals surface area contributed by atoms with Gasteiger partial charge in [0.1, 0.15) is 0 Å². The first-order valence-corrected chi connectivity index (χ1v) is 10.1. The predicted molar refractivity (Wildman–Crippen MR) is 114 cm³/mol. The molecule has 2 atom stereocenters. The van der Waals surface area contributed by atoms with Crippen LogP contribution in [0.25, 0.3) is 17.1 Å². The van der Waals surface area contributed by atoms with Crippen molar-refractivity contribution in [3.05, 3.63) is 64.9 Å². The fourth-order valence-electron chi connectivity index (χ4n) is 3.79. The SMILES string of the molecule is Cc1ccc(-c2nn(CN3C[C@H](C)O[C@@H](C)C3)c(=S)n2-c2ccccc2)cc1. The smallest absolute Gasteiger partial charge is 0.204 e. The molecule has 0 amide bonds. The second kappa shape index (κ2) is 7.99. The van der Waals surface area contributed by atoms with Crippen LogP contribution >= 0.6 is 12.2 Å². The highest BCUT2D eigenvalue weighted by molar-refractivity contribution is 7.71. The Kier molecular flexibility index (Phi) is 5.44. The number of benzene rings is 2. The van der Waals surface area contributed by atoms with Crippen LogP contribution in [0.2, 0.25) is 0 Å². The molecule has 1 aliphatic heterocycles. The molecular formula is C22H26N4OS. The molecule has 0 spiro atoms. The molecule has 0 unspecified atom stereocenters. The molecule has 4 rings (SSSR count). The van der Waals surface area contributed by atoms with E-state index in [1.165, 1.54) is 5.56 Å². The van der Waals surface area contributed by atoms with Crippen molar-refractivity contribution in [2.45, 2.75) is 39.6 Å². The van der Waals surface area contributed by atoms with Crippen molar-refractivity contribution in [2.75, 3.05) is 13.1 Å². The Bertz CT molecular complexity index is 984. The van der Waals surface area contributed by atoms with Crippen molar-refractivity contribution in [3.8, 4) is 17.1 Å². The lowest BCUT2D eigenvalue weighted by Crippen LogP contribution is -2.46. The van der Waals surface area contributed by atoms with Gasteiger partial charge in [0.25, 0.3) is 0 Å². The van der Waals surface area contributed by atoms with Gasteiger partial charge in [0.2, 0.25) is 4.77 Å². The van der Waals surface area contributed by atoms with E-state index in [9.17, 15) is 0 Å². The van der Waals surface area contributed by atoms with Gasteiger partial charge in [-0.25, -0.2) is 4.68 Å². The topological polar surface area (TPSA) is 35.2 Å². The van der Waals surface area contributed by atoms with Crippen molar-refractivity contribution < 1.29 is 4.74 Å². The number of hydrogen-bond acceptors (Lipinski definition) is 4. The average Bonchev–Trinajstić information content (AvgIpc) is 2.98. The van der Waals surface area contributed by atoms with Gasteiger partial charge >= 0.3 is 0 Å². The number of nitrogens with zero attached hydrogens (tertiary/aromatic N) is 4. The molecule has 28 heavy (non-hydrogen) atoms. The molecule has 2 heterocycles.